The van der Waals surface area contributed by atoms with Crippen molar-refractivity contribution in [2.24, 2.45) is 11.8 Å². The Labute approximate surface area is 144 Å². The van der Waals surface area contributed by atoms with Crippen LogP contribution in [0.25, 0.3) is 0 Å². The highest BCUT2D eigenvalue weighted by Crippen LogP contribution is 2.37. The second-order valence-corrected chi connectivity index (χ2v) is 7.01. The molecule has 1 aliphatic rings. The Morgan fingerprint density at radius 2 is 1.92 bits per heavy atom. The maximum atomic E-state index is 6.13. The molecule has 1 fully saturated rings. The first kappa shape index (κ1) is 16.7. The van der Waals surface area contributed by atoms with Crippen LogP contribution in [0, 0.1) is 25.7 Å². The molecule has 2 heterocycles. The second-order valence-electron chi connectivity index (χ2n) is 7.01. The molecule has 1 aliphatic carbocycles. The van der Waals surface area contributed by atoms with Crippen molar-refractivity contribution in [3.05, 3.63) is 35.7 Å². The number of aryl methyl sites for hydroxylation is 1. The fourth-order valence-corrected chi connectivity index (χ4v) is 3.58. The Hall–Kier alpha value is -2.17. The molecule has 0 spiro atoms. The van der Waals surface area contributed by atoms with Crippen molar-refractivity contribution in [2.45, 2.75) is 53.0 Å². The number of hydrogen-bond donors (Lipinski definition) is 1. The van der Waals surface area contributed by atoms with Gasteiger partial charge in [0.25, 0.3) is 0 Å². The van der Waals surface area contributed by atoms with Crippen molar-refractivity contribution in [3.63, 3.8) is 0 Å². The van der Waals surface area contributed by atoms with Crippen molar-refractivity contribution in [2.75, 3.05) is 10.6 Å². The van der Waals surface area contributed by atoms with Gasteiger partial charge in [-0.3, -0.25) is 4.90 Å². The zero-order chi connectivity index (χ0) is 17.3. The molecule has 2 N–H and O–H groups in total. The lowest BCUT2D eigenvalue weighted by Gasteiger charge is -2.41. The number of hydrogen-bond acceptors (Lipinski definition) is 5. The van der Waals surface area contributed by atoms with Gasteiger partial charge < -0.3 is 5.73 Å². The van der Waals surface area contributed by atoms with E-state index in [1.54, 1.807) is 0 Å². The topological polar surface area (TPSA) is 67.9 Å². The van der Waals surface area contributed by atoms with Crippen molar-refractivity contribution in [3.8, 4) is 0 Å². The van der Waals surface area contributed by atoms with Crippen LogP contribution >= 0.6 is 0 Å². The lowest BCUT2D eigenvalue weighted by atomic mass is 9.77. The van der Waals surface area contributed by atoms with E-state index in [1.165, 1.54) is 12.8 Å². The lowest BCUT2D eigenvalue weighted by Crippen LogP contribution is -2.43. The first-order valence-electron chi connectivity index (χ1n) is 8.80. The van der Waals surface area contributed by atoms with E-state index in [4.69, 9.17) is 10.7 Å². The van der Waals surface area contributed by atoms with Gasteiger partial charge in [-0.1, -0.05) is 32.8 Å². The van der Waals surface area contributed by atoms with Crippen molar-refractivity contribution >= 4 is 17.6 Å². The highest BCUT2D eigenvalue weighted by Gasteiger charge is 2.34. The molecule has 0 saturated heterocycles. The van der Waals surface area contributed by atoms with Gasteiger partial charge in [0.1, 0.15) is 11.6 Å². The summed E-state index contributed by atoms with van der Waals surface area (Å²) in [7, 11) is 0. The second kappa shape index (κ2) is 6.75. The lowest BCUT2D eigenvalue weighted by molar-refractivity contribution is 0.237. The monoisotopic (exact) mass is 325 g/mol. The molecule has 3 rings (SSSR count). The molecular formula is C19H27N5. The molecule has 0 aromatic carbocycles. The number of nitrogens with two attached hydrogens (primary N) is 1. The van der Waals surface area contributed by atoms with Crippen LogP contribution in [0.1, 0.15) is 44.4 Å². The van der Waals surface area contributed by atoms with Crippen LogP contribution in [0.4, 0.5) is 17.6 Å². The Kier molecular flexibility index (Phi) is 4.69. The first-order chi connectivity index (χ1) is 11.5. The molecular weight excluding hydrogens is 298 g/mol. The fraction of sp³-hybridized carbons (Fsp3) is 0.526. The van der Waals surface area contributed by atoms with Crippen LogP contribution in [-0.2, 0) is 0 Å². The summed E-state index contributed by atoms with van der Waals surface area (Å²) in [5, 5.41) is 0. The zero-order valence-corrected chi connectivity index (χ0v) is 15.0. The average molecular weight is 325 g/mol. The minimum atomic E-state index is 0.338. The SMILES string of the molecule is Cc1nc(N(c2ccccn2)C2CCCC(C)C2C)nc(N)c1C. The molecule has 128 valence electrons. The summed E-state index contributed by atoms with van der Waals surface area (Å²) in [4.78, 5) is 16.1. The molecule has 2 aromatic rings. The number of nitrogen functional groups attached to an aromatic ring is 1. The summed E-state index contributed by atoms with van der Waals surface area (Å²) >= 11 is 0. The summed E-state index contributed by atoms with van der Waals surface area (Å²) < 4.78 is 0. The molecule has 5 nitrogen and oxygen atoms in total. The number of anilines is 3. The number of rotatable bonds is 3. The molecule has 0 bridgehead atoms. The van der Waals surface area contributed by atoms with Crippen molar-refractivity contribution in [1.82, 2.24) is 15.0 Å². The molecule has 3 unspecified atom stereocenters. The van der Waals surface area contributed by atoms with E-state index < -0.39 is 0 Å². The van der Waals surface area contributed by atoms with Gasteiger partial charge in [-0.25, -0.2) is 9.97 Å². The van der Waals surface area contributed by atoms with Crippen LogP contribution in [0.5, 0.6) is 0 Å². The van der Waals surface area contributed by atoms with E-state index in [0.717, 1.165) is 23.5 Å². The van der Waals surface area contributed by atoms with E-state index in [0.29, 0.717) is 29.6 Å². The third-order valence-corrected chi connectivity index (χ3v) is 5.52. The molecule has 24 heavy (non-hydrogen) atoms. The van der Waals surface area contributed by atoms with Crippen molar-refractivity contribution < 1.29 is 0 Å². The Bertz CT molecular complexity index is 677. The van der Waals surface area contributed by atoms with E-state index in [-0.39, 0.29) is 0 Å². The van der Waals surface area contributed by atoms with Crippen molar-refractivity contribution in [1.29, 1.82) is 0 Å². The highest BCUT2D eigenvalue weighted by atomic mass is 15.3. The fourth-order valence-electron chi connectivity index (χ4n) is 3.58. The van der Waals surface area contributed by atoms with Gasteiger partial charge in [-0.15, -0.1) is 0 Å². The van der Waals surface area contributed by atoms with Crippen LogP contribution in [0.2, 0.25) is 0 Å². The minimum Gasteiger partial charge on any atom is -0.383 e. The summed E-state index contributed by atoms with van der Waals surface area (Å²) in [6.45, 7) is 8.61. The van der Waals surface area contributed by atoms with Gasteiger partial charge in [0.05, 0.1) is 0 Å². The van der Waals surface area contributed by atoms with Crippen LogP contribution in [0.3, 0.4) is 0 Å². The maximum absolute atomic E-state index is 6.13. The third kappa shape index (κ3) is 3.07. The third-order valence-electron chi connectivity index (χ3n) is 5.52. The van der Waals surface area contributed by atoms with Gasteiger partial charge in [0.2, 0.25) is 5.95 Å². The minimum absolute atomic E-state index is 0.338. The zero-order valence-electron chi connectivity index (χ0n) is 15.0. The predicted molar refractivity (Wildman–Crippen MR) is 98.3 cm³/mol. The molecule has 3 atom stereocenters. The number of aromatic nitrogens is 3. The smallest absolute Gasteiger partial charge is 0.233 e. The number of nitrogens with zero attached hydrogens (tertiary/aromatic N) is 4. The normalized spacial score (nSPS) is 23.9. The quantitative estimate of drug-likeness (QED) is 0.922. The van der Waals surface area contributed by atoms with Crippen LogP contribution in [-0.4, -0.2) is 21.0 Å². The van der Waals surface area contributed by atoms with E-state index >= 15 is 0 Å². The van der Waals surface area contributed by atoms with Gasteiger partial charge >= 0.3 is 0 Å². The highest BCUT2D eigenvalue weighted by molar-refractivity contribution is 5.57. The first-order valence-corrected chi connectivity index (χ1v) is 8.80. The Morgan fingerprint density at radius 1 is 1.12 bits per heavy atom. The van der Waals surface area contributed by atoms with Gasteiger partial charge in [0, 0.05) is 23.5 Å². The van der Waals surface area contributed by atoms with Gasteiger partial charge in [-0.2, -0.15) is 4.98 Å². The maximum Gasteiger partial charge on any atom is 0.233 e. The molecule has 1 saturated carbocycles. The van der Waals surface area contributed by atoms with Gasteiger partial charge in [0.15, 0.2) is 0 Å². The molecule has 5 heteroatoms. The summed E-state index contributed by atoms with van der Waals surface area (Å²) in [5.41, 5.74) is 8.01. The van der Waals surface area contributed by atoms with Crippen LogP contribution in [0.15, 0.2) is 24.4 Å². The van der Waals surface area contributed by atoms with Crippen LogP contribution < -0.4 is 10.6 Å². The predicted octanol–water partition coefficient (Wildman–Crippen LogP) is 4.03. The molecule has 0 aliphatic heterocycles. The molecule has 2 aromatic heterocycles. The number of pyridine rings is 1. The Balaban J connectivity index is 2.09. The summed E-state index contributed by atoms with van der Waals surface area (Å²) in [6, 6.07) is 6.31. The summed E-state index contributed by atoms with van der Waals surface area (Å²) in [6.07, 6.45) is 5.45. The molecule has 0 radical (unpaired) electrons. The Morgan fingerprint density at radius 3 is 2.58 bits per heavy atom. The van der Waals surface area contributed by atoms with E-state index in [9.17, 15) is 0 Å². The van der Waals surface area contributed by atoms with Gasteiger partial charge in [-0.05, 0) is 44.2 Å². The molecule has 0 amide bonds. The van der Waals surface area contributed by atoms with E-state index in [1.807, 2.05) is 38.2 Å². The van der Waals surface area contributed by atoms with E-state index in [2.05, 4.69) is 28.7 Å². The average Bonchev–Trinajstić information content (AvgIpc) is 2.57. The standard InChI is InChI=1S/C19H27N5/c1-12-8-7-9-16(13(12)2)24(17-10-5-6-11-21-17)19-22-15(4)14(3)18(20)23-19/h5-6,10-13,16H,7-9H2,1-4H3,(H2,20,22,23). The summed E-state index contributed by atoms with van der Waals surface area (Å²) in [5.74, 6) is 3.34. The largest absolute Gasteiger partial charge is 0.383 e.